The number of carbonyl (C=O) groups is 1. The maximum absolute atomic E-state index is 13.0. The lowest BCUT2D eigenvalue weighted by Gasteiger charge is -2.22. The Morgan fingerprint density at radius 1 is 1.28 bits per heavy atom. The molecule has 3 heterocycles. The molecule has 1 amide bonds. The van der Waals surface area contributed by atoms with Gasteiger partial charge in [0.05, 0.1) is 0 Å². The molecule has 0 spiro atoms. The number of hydrogen-bond acceptors (Lipinski definition) is 5. The predicted molar refractivity (Wildman–Crippen MR) is 94.0 cm³/mol. The zero-order chi connectivity index (χ0) is 17.4. The van der Waals surface area contributed by atoms with Crippen LogP contribution in [0.1, 0.15) is 19.4 Å². The summed E-state index contributed by atoms with van der Waals surface area (Å²) in [7, 11) is 0. The molecule has 2 aliphatic rings. The van der Waals surface area contributed by atoms with Gasteiger partial charge < -0.3 is 10.2 Å². The van der Waals surface area contributed by atoms with Crippen molar-refractivity contribution < 1.29 is 4.79 Å². The lowest BCUT2D eigenvalue weighted by molar-refractivity contribution is -0.134. The van der Waals surface area contributed by atoms with Crippen LogP contribution in [0, 0.1) is 11.8 Å². The molecule has 0 aliphatic carbocycles. The highest BCUT2D eigenvalue weighted by Gasteiger charge is 2.40. The van der Waals surface area contributed by atoms with Crippen molar-refractivity contribution in [1.29, 1.82) is 0 Å². The standard InChI is InChI=1S/C17H21ClN6O/c1-2-15(17(25)23-9-12-7-19-8-13(12)10-23)24-21-16(20-22-24)11-3-5-14(18)6-4-11/h3-6,12-13,15,19H,2,7-10H2,1H3/t12-,13+,15?. The van der Waals surface area contributed by atoms with Gasteiger partial charge in [0.1, 0.15) is 0 Å². The van der Waals surface area contributed by atoms with Crippen LogP contribution in [0.4, 0.5) is 0 Å². The first-order chi connectivity index (χ1) is 12.2. The number of tetrazole rings is 1. The molecule has 1 aromatic heterocycles. The average molecular weight is 361 g/mol. The van der Waals surface area contributed by atoms with Crippen molar-refractivity contribution in [2.24, 2.45) is 11.8 Å². The number of fused-ring (bicyclic) bond motifs is 1. The van der Waals surface area contributed by atoms with Crippen LogP contribution in [0.2, 0.25) is 5.02 Å². The summed E-state index contributed by atoms with van der Waals surface area (Å²) in [6.45, 7) is 5.64. The average Bonchev–Trinajstić information content (AvgIpc) is 3.31. The van der Waals surface area contributed by atoms with Crippen molar-refractivity contribution in [3.63, 3.8) is 0 Å². The summed E-state index contributed by atoms with van der Waals surface area (Å²) < 4.78 is 0. The lowest BCUT2D eigenvalue weighted by atomic mass is 10.0. The van der Waals surface area contributed by atoms with Gasteiger partial charge in [0.25, 0.3) is 0 Å². The van der Waals surface area contributed by atoms with Crippen molar-refractivity contribution >= 4 is 17.5 Å². The lowest BCUT2D eigenvalue weighted by Crippen LogP contribution is -2.38. The van der Waals surface area contributed by atoms with Crippen LogP contribution in [0.3, 0.4) is 0 Å². The molecule has 2 saturated heterocycles. The number of nitrogens with one attached hydrogen (secondary N) is 1. The number of benzene rings is 1. The molecule has 7 nitrogen and oxygen atoms in total. The van der Waals surface area contributed by atoms with E-state index in [1.54, 1.807) is 12.1 Å². The summed E-state index contributed by atoms with van der Waals surface area (Å²) in [5.41, 5.74) is 0.833. The molecule has 132 valence electrons. The number of halogens is 1. The van der Waals surface area contributed by atoms with E-state index in [-0.39, 0.29) is 5.91 Å². The normalized spacial score (nSPS) is 23.7. The highest BCUT2D eigenvalue weighted by molar-refractivity contribution is 6.30. The third kappa shape index (κ3) is 3.14. The number of carbonyl (C=O) groups excluding carboxylic acids is 1. The van der Waals surface area contributed by atoms with Crippen molar-refractivity contribution in [3.8, 4) is 11.4 Å². The number of aromatic nitrogens is 4. The van der Waals surface area contributed by atoms with Gasteiger partial charge in [-0.1, -0.05) is 18.5 Å². The highest BCUT2D eigenvalue weighted by atomic mass is 35.5. The van der Waals surface area contributed by atoms with Gasteiger partial charge in [-0.3, -0.25) is 4.79 Å². The fourth-order valence-corrected chi connectivity index (χ4v) is 3.88. The van der Waals surface area contributed by atoms with Crippen LogP contribution >= 0.6 is 11.6 Å². The van der Waals surface area contributed by atoms with Gasteiger partial charge in [-0.05, 0) is 47.7 Å². The van der Waals surface area contributed by atoms with Crippen molar-refractivity contribution in [1.82, 2.24) is 30.4 Å². The highest BCUT2D eigenvalue weighted by Crippen LogP contribution is 2.28. The van der Waals surface area contributed by atoms with Crippen LogP contribution in [0.25, 0.3) is 11.4 Å². The molecule has 0 saturated carbocycles. The first-order valence-corrected chi connectivity index (χ1v) is 9.08. The molecule has 1 aromatic carbocycles. The fraction of sp³-hybridized carbons (Fsp3) is 0.529. The van der Waals surface area contributed by atoms with E-state index < -0.39 is 6.04 Å². The van der Waals surface area contributed by atoms with E-state index in [2.05, 4.69) is 20.7 Å². The molecule has 25 heavy (non-hydrogen) atoms. The number of likely N-dealkylation sites (tertiary alicyclic amines) is 1. The zero-order valence-corrected chi connectivity index (χ0v) is 14.9. The maximum Gasteiger partial charge on any atom is 0.249 e. The third-order valence-corrected chi connectivity index (χ3v) is 5.43. The topological polar surface area (TPSA) is 75.9 Å². The number of rotatable bonds is 4. The maximum atomic E-state index is 13.0. The Balaban J connectivity index is 1.51. The van der Waals surface area contributed by atoms with Crippen LogP contribution < -0.4 is 5.32 Å². The van der Waals surface area contributed by atoms with E-state index in [9.17, 15) is 4.79 Å². The van der Waals surface area contributed by atoms with Crippen LogP contribution in [-0.2, 0) is 4.79 Å². The molecule has 1 N–H and O–H groups in total. The molecule has 4 rings (SSSR count). The minimum absolute atomic E-state index is 0.0944. The second-order valence-corrected chi connectivity index (χ2v) is 7.22. The van der Waals surface area contributed by atoms with Crippen LogP contribution in [0.5, 0.6) is 0 Å². The Labute approximate surface area is 151 Å². The minimum Gasteiger partial charge on any atom is -0.340 e. The zero-order valence-electron chi connectivity index (χ0n) is 14.1. The summed E-state index contributed by atoms with van der Waals surface area (Å²) in [4.78, 5) is 16.4. The largest absolute Gasteiger partial charge is 0.340 e. The van der Waals surface area contributed by atoms with Crippen molar-refractivity contribution in [3.05, 3.63) is 29.3 Å². The van der Waals surface area contributed by atoms with E-state index in [0.29, 0.717) is 29.1 Å². The van der Waals surface area contributed by atoms with E-state index in [1.165, 1.54) is 4.80 Å². The summed E-state index contributed by atoms with van der Waals surface area (Å²) in [6.07, 6.45) is 0.638. The summed E-state index contributed by atoms with van der Waals surface area (Å²) in [5.74, 6) is 1.76. The molecule has 0 bridgehead atoms. The van der Waals surface area contributed by atoms with E-state index in [1.807, 2.05) is 24.0 Å². The van der Waals surface area contributed by atoms with Crippen LogP contribution in [-0.4, -0.2) is 57.2 Å². The number of hydrogen-bond donors (Lipinski definition) is 1. The quantitative estimate of drug-likeness (QED) is 0.896. The fourth-order valence-electron chi connectivity index (χ4n) is 3.75. The van der Waals surface area contributed by atoms with Crippen molar-refractivity contribution in [2.45, 2.75) is 19.4 Å². The molecule has 1 unspecified atom stereocenters. The van der Waals surface area contributed by atoms with Crippen LogP contribution in [0.15, 0.2) is 24.3 Å². The molecule has 2 aromatic rings. The first kappa shape index (κ1) is 16.5. The summed E-state index contributed by atoms with van der Waals surface area (Å²) in [6, 6.07) is 6.87. The van der Waals surface area contributed by atoms with Gasteiger partial charge in [0.2, 0.25) is 11.7 Å². The van der Waals surface area contributed by atoms with Gasteiger partial charge in [-0.25, -0.2) is 0 Å². The van der Waals surface area contributed by atoms with E-state index >= 15 is 0 Å². The van der Waals surface area contributed by atoms with Gasteiger partial charge in [-0.2, -0.15) is 4.80 Å². The van der Waals surface area contributed by atoms with E-state index in [0.717, 1.165) is 31.7 Å². The number of nitrogens with zero attached hydrogens (tertiary/aromatic N) is 5. The smallest absolute Gasteiger partial charge is 0.249 e. The minimum atomic E-state index is -0.402. The summed E-state index contributed by atoms with van der Waals surface area (Å²) in [5, 5.41) is 16.7. The van der Waals surface area contributed by atoms with Crippen molar-refractivity contribution in [2.75, 3.05) is 26.2 Å². The molecule has 0 radical (unpaired) electrons. The second-order valence-electron chi connectivity index (χ2n) is 6.79. The second kappa shape index (κ2) is 6.72. The molecule has 2 fully saturated rings. The van der Waals surface area contributed by atoms with Gasteiger partial charge in [0, 0.05) is 36.8 Å². The Hall–Kier alpha value is -1.99. The molecule has 8 heteroatoms. The Morgan fingerprint density at radius 3 is 2.60 bits per heavy atom. The molecular weight excluding hydrogens is 340 g/mol. The van der Waals surface area contributed by atoms with Gasteiger partial charge in [-0.15, -0.1) is 10.2 Å². The number of amides is 1. The first-order valence-electron chi connectivity index (χ1n) is 8.70. The Morgan fingerprint density at radius 2 is 1.96 bits per heavy atom. The van der Waals surface area contributed by atoms with E-state index in [4.69, 9.17) is 11.6 Å². The van der Waals surface area contributed by atoms with Gasteiger partial charge in [0.15, 0.2) is 6.04 Å². The SMILES string of the molecule is CCC(C(=O)N1C[C@H]2CNC[C@H]2C1)n1nnc(-c2ccc(Cl)cc2)n1. The Kier molecular flexibility index (Phi) is 4.43. The molecule has 2 aliphatic heterocycles. The molecule has 3 atom stereocenters. The van der Waals surface area contributed by atoms with Gasteiger partial charge >= 0.3 is 0 Å². The molecular formula is C17H21ClN6O. The Bertz CT molecular complexity index is 749. The third-order valence-electron chi connectivity index (χ3n) is 5.18. The predicted octanol–water partition coefficient (Wildman–Crippen LogP) is 1.62. The summed E-state index contributed by atoms with van der Waals surface area (Å²) >= 11 is 5.92. The monoisotopic (exact) mass is 360 g/mol.